The summed E-state index contributed by atoms with van der Waals surface area (Å²) in [6.07, 6.45) is 2.24. The van der Waals surface area contributed by atoms with E-state index in [1.807, 2.05) is 6.92 Å². The fourth-order valence-electron chi connectivity index (χ4n) is 1.51. The minimum Gasteiger partial charge on any atom is -0.493 e. The predicted octanol–water partition coefficient (Wildman–Crippen LogP) is 3.95. The highest BCUT2D eigenvalue weighted by Gasteiger charge is 2.06. The molecule has 1 rings (SSSR count). The average molecular weight is 210 g/mol. The van der Waals surface area contributed by atoms with Crippen molar-refractivity contribution in [2.24, 2.45) is 5.92 Å². The molecule has 0 aliphatic heterocycles. The molecular weight excluding hydrogens is 191 g/mol. The number of hydrogen-bond donors (Lipinski definition) is 0. The molecule has 0 aromatic heterocycles. The normalized spacial score (nSPS) is 10.7. The Morgan fingerprint density at radius 1 is 1.27 bits per heavy atom. The third-order valence-electron chi connectivity index (χ3n) is 2.77. The van der Waals surface area contributed by atoms with Crippen molar-refractivity contribution in [2.45, 2.75) is 33.6 Å². The fraction of sp³-hybridized carbons (Fsp3) is 0.538. The van der Waals surface area contributed by atoms with Crippen molar-refractivity contribution in [3.05, 3.63) is 29.6 Å². The molecule has 1 aromatic rings. The van der Waals surface area contributed by atoms with E-state index < -0.39 is 0 Å². The van der Waals surface area contributed by atoms with Crippen LogP contribution < -0.4 is 4.74 Å². The van der Waals surface area contributed by atoms with Crippen LogP contribution in [0.2, 0.25) is 0 Å². The van der Waals surface area contributed by atoms with Crippen LogP contribution >= 0.6 is 0 Å². The maximum atomic E-state index is 12.8. The monoisotopic (exact) mass is 210 g/mol. The third kappa shape index (κ3) is 3.54. The van der Waals surface area contributed by atoms with E-state index in [1.165, 1.54) is 12.1 Å². The first-order chi connectivity index (χ1) is 7.17. The van der Waals surface area contributed by atoms with Crippen LogP contribution in [0, 0.1) is 18.7 Å². The second-order valence-corrected chi connectivity index (χ2v) is 3.90. The zero-order chi connectivity index (χ0) is 11.3. The first kappa shape index (κ1) is 12.0. The second-order valence-electron chi connectivity index (χ2n) is 3.90. The van der Waals surface area contributed by atoms with Crippen LogP contribution in [0.3, 0.4) is 0 Å². The smallest absolute Gasteiger partial charge is 0.123 e. The second kappa shape index (κ2) is 5.74. The van der Waals surface area contributed by atoms with Gasteiger partial charge in [-0.1, -0.05) is 26.7 Å². The molecule has 0 saturated carbocycles. The van der Waals surface area contributed by atoms with Crippen molar-refractivity contribution in [3.63, 3.8) is 0 Å². The van der Waals surface area contributed by atoms with E-state index in [1.54, 1.807) is 6.07 Å². The zero-order valence-corrected chi connectivity index (χ0v) is 9.72. The van der Waals surface area contributed by atoms with E-state index in [4.69, 9.17) is 4.74 Å². The molecule has 84 valence electrons. The van der Waals surface area contributed by atoms with Crippen LogP contribution in [0.4, 0.5) is 4.39 Å². The van der Waals surface area contributed by atoms with E-state index >= 15 is 0 Å². The molecule has 0 radical (unpaired) electrons. The van der Waals surface area contributed by atoms with E-state index in [0.29, 0.717) is 5.92 Å². The number of rotatable bonds is 5. The van der Waals surface area contributed by atoms with Crippen molar-refractivity contribution < 1.29 is 9.13 Å². The van der Waals surface area contributed by atoms with Gasteiger partial charge in [0.25, 0.3) is 0 Å². The summed E-state index contributed by atoms with van der Waals surface area (Å²) in [7, 11) is 0. The Balaban J connectivity index is 2.57. The lowest BCUT2D eigenvalue weighted by Crippen LogP contribution is -2.10. The van der Waals surface area contributed by atoms with Gasteiger partial charge in [-0.05, 0) is 36.6 Å². The largest absolute Gasteiger partial charge is 0.493 e. The third-order valence-corrected chi connectivity index (χ3v) is 2.77. The van der Waals surface area contributed by atoms with Crippen molar-refractivity contribution in [1.82, 2.24) is 0 Å². The van der Waals surface area contributed by atoms with Gasteiger partial charge in [0.05, 0.1) is 6.61 Å². The van der Waals surface area contributed by atoms with E-state index in [0.717, 1.165) is 30.8 Å². The predicted molar refractivity (Wildman–Crippen MR) is 60.7 cm³/mol. The molecule has 0 bridgehead atoms. The Morgan fingerprint density at radius 3 is 2.47 bits per heavy atom. The van der Waals surface area contributed by atoms with E-state index in [9.17, 15) is 4.39 Å². The molecular formula is C13H19FO. The number of halogens is 1. The average Bonchev–Trinajstić information content (AvgIpc) is 2.22. The Labute approximate surface area is 91.3 Å². The van der Waals surface area contributed by atoms with Crippen LogP contribution in [0.25, 0.3) is 0 Å². The highest BCUT2D eigenvalue weighted by atomic mass is 19.1. The van der Waals surface area contributed by atoms with Crippen LogP contribution in [0.1, 0.15) is 32.3 Å². The first-order valence-corrected chi connectivity index (χ1v) is 5.56. The van der Waals surface area contributed by atoms with Gasteiger partial charge in [0, 0.05) is 0 Å². The summed E-state index contributed by atoms with van der Waals surface area (Å²) in [5.74, 6) is 1.18. The molecule has 0 amide bonds. The Bertz CT molecular complexity index is 305. The quantitative estimate of drug-likeness (QED) is 0.715. The highest BCUT2D eigenvalue weighted by molar-refractivity contribution is 5.32. The minimum absolute atomic E-state index is 0.206. The summed E-state index contributed by atoms with van der Waals surface area (Å²) in [5.41, 5.74) is 0.862. The van der Waals surface area contributed by atoms with Crippen LogP contribution in [-0.2, 0) is 0 Å². The van der Waals surface area contributed by atoms with Gasteiger partial charge in [0.1, 0.15) is 11.6 Å². The Hall–Kier alpha value is -1.05. The minimum atomic E-state index is -0.206. The molecule has 0 heterocycles. The van der Waals surface area contributed by atoms with Gasteiger partial charge in [-0.15, -0.1) is 0 Å². The molecule has 0 N–H and O–H groups in total. The number of benzene rings is 1. The Morgan fingerprint density at radius 2 is 1.93 bits per heavy atom. The summed E-state index contributed by atoms with van der Waals surface area (Å²) in [6.45, 7) is 6.91. The first-order valence-electron chi connectivity index (χ1n) is 5.56. The molecule has 1 aromatic carbocycles. The summed E-state index contributed by atoms with van der Waals surface area (Å²) in [5, 5.41) is 0. The van der Waals surface area contributed by atoms with Crippen molar-refractivity contribution in [1.29, 1.82) is 0 Å². The van der Waals surface area contributed by atoms with Crippen LogP contribution in [0.15, 0.2) is 18.2 Å². The standard InChI is InChI=1S/C13H19FO/c1-4-11(5-2)9-15-13-7-6-12(14)8-10(13)3/h6-8,11H,4-5,9H2,1-3H3. The van der Waals surface area contributed by atoms with Gasteiger partial charge in [-0.2, -0.15) is 0 Å². The van der Waals surface area contributed by atoms with E-state index in [2.05, 4.69) is 13.8 Å². The zero-order valence-electron chi connectivity index (χ0n) is 9.72. The Kier molecular flexibility index (Phi) is 4.60. The van der Waals surface area contributed by atoms with E-state index in [-0.39, 0.29) is 5.82 Å². The lowest BCUT2D eigenvalue weighted by molar-refractivity contribution is 0.239. The summed E-state index contributed by atoms with van der Waals surface area (Å²) >= 11 is 0. The van der Waals surface area contributed by atoms with Gasteiger partial charge >= 0.3 is 0 Å². The van der Waals surface area contributed by atoms with Gasteiger partial charge < -0.3 is 4.74 Å². The van der Waals surface area contributed by atoms with Crippen molar-refractivity contribution in [2.75, 3.05) is 6.61 Å². The maximum Gasteiger partial charge on any atom is 0.123 e. The SMILES string of the molecule is CCC(CC)COc1ccc(F)cc1C. The van der Waals surface area contributed by atoms with Gasteiger partial charge in [-0.25, -0.2) is 4.39 Å². The topological polar surface area (TPSA) is 9.23 Å². The molecule has 0 saturated heterocycles. The number of aryl methyl sites for hydroxylation is 1. The number of hydrogen-bond acceptors (Lipinski definition) is 1. The highest BCUT2D eigenvalue weighted by Crippen LogP contribution is 2.20. The molecule has 0 fully saturated rings. The molecule has 0 unspecified atom stereocenters. The number of ether oxygens (including phenoxy) is 1. The summed E-state index contributed by atoms with van der Waals surface area (Å²) in [4.78, 5) is 0. The van der Waals surface area contributed by atoms with Gasteiger partial charge in [-0.3, -0.25) is 0 Å². The molecule has 15 heavy (non-hydrogen) atoms. The molecule has 0 atom stereocenters. The van der Waals surface area contributed by atoms with Gasteiger partial charge in [0.2, 0.25) is 0 Å². The molecule has 1 nitrogen and oxygen atoms in total. The lowest BCUT2D eigenvalue weighted by Gasteiger charge is -2.15. The summed E-state index contributed by atoms with van der Waals surface area (Å²) in [6, 6.07) is 4.64. The van der Waals surface area contributed by atoms with Crippen molar-refractivity contribution >= 4 is 0 Å². The van der Waals surface area contributed by atoms with Crippen LogP contribution in [0.5, 0.6) is 5.75 Å². The van der Waals surface area contributed by atoms with Crippen LogP contribution in [-0.4, -0.2) is 6.61 Å². The maximum absolute atomic E-state index is 12.8. The molecule has 0 aliphatic rings. The molecule has 0 aliphatic carbocycles. The molecule has 0 spiro atoms. The summed E-state index contributed by atoms with van der Waals surface area (Å²) < 4.78 is 18.5. The van der Waals surface area contributed by atoms with Gasteiger partial charge in [0.15, 0.2) is 0 Å². The molecule has 2 heteroatoms. The lowest BCUT2D eigenvalue weighted by atomic mass is 10.1. The van der Waals surface area contributed by atoms with Crippen molar-refractivity contribution in [3.8, 4) is 5.75 Å². The fourth-order valence-corrected chi connectivity index (χ4v) is 1.51.